The highest BCUT2D eigenvalue weighted by molar-refractivity contribution is 5.79. The Bertz CT molecular complexity index is 478. The molecule has 1 aromatic carbocycles. The van der Waals surface area contributed by atoms with Gasteiger partial charge in [-0.05, 0) is 43.2 Å². The summed E-state index contributed by atoms with van der Waals surface area (Å²) in [7, 11) is 0. The molecule has 0 fully saturated rings. The van der Waals surface area contributed by atoms with Crippen LogP contribution >= 0.6 is 0 Å². The molecule has 1 aromatic rings. The third-order valence-electron chi connectivity index (χ3n) is 4.09. The lowest BCUT2D eigenvalue weighted by molar-refractivity contribution is -0.126. The number of rotatable bonds is 2. The summed E-state index contributed by atoms with van der Waals surface area (Å²) in [5, 5.41) is 3.23. The van der Waals surface area contributed by atoms with Crippen molar-refractivity contribution >= 4 is 5.91 Å². The number of fused-ring (bicyclic) bond motifs is 1. The van der Waals surface area contributed by atoms with Gasteiger partial charge in [0.25, 0.3) is 0 Å². The highest BCUT2D eigenvalue weighted by Gasteiger charge is 2.26. The smallest absolute Gasteiger partial charge is 0.223 e. The maximum Gasteiger partial charge on any atom is 0.223 e. The Morgan fingerprint density at radius 1 is 1.17 bits per heavy atom. The van der Waals surface area contributed by atoms with Gasteiger partial charge < -0.3 is 5.32 Å². The van der Waals surface area contributed by atoms with Gasteiger partial charge in [0.15, 0.2) is 0 Å². The number of nitrogens with one attached hydrogen (secondary N) is 1. The molecule has 3 rings (SSSR count). The monoisotopic (exact) mass is 241 g/mol. The van der Waals surface area contributed by atoms with Gasteiger partial charge in [-0.1, -0.05) is 36.4 Å². The lowest BCUT2D eigenvalue weighted by Gasteiger charge is -2.21. The number of hydrogen-bond acceptors (Lipinski definition) is 1. The standard InChI is InChI=1S/C16H19NO/c18-16(13-7-2-1-3-8-13)17-15-11-10-12-6-4-5-9-14(12)15/h1-2,4-6,9,13,15H,3,7-8,10-11H2,(H,17,18). The van der Waals surface area contributed by atoms with Crippen LogP contribution in [0.2, 0.25) is 0 Å². The van der Waals surface area contributed by atoms with E-state index >= 15 is 0 Å². The first-order valence-electron chi connectivity index (χ1n) is 6.88. The van der Waals surface area contributed by atoms with Crippen molar-refractivity contribution in [2.24, 2.45) is 5.92 Å². The van der Waals surface area contributed by atoms with Crippen LogP contribution < -0.4 is 5.32 Å². The maximum absolute atomic E-state index is 12.2. The Kier molecular flexibility index (Phi) is 3.18. The van der Waals surface area contributed by atoms with Crippen LogP contribution in [0.3, 0.4) is 0 Å². The van der Waals surface area contributed by atoms with Gasteiger partial charge in [-0.3, -0.25) is 4.79 Å². The quantitative estimate of drug-likeness (QED) is 0.792. The van der Waals surface area contributed by atoms with E-state index in [4.69, 9.17) is 0 Å². The molecule has 2 aliphatic rings. The summed E-state index contributed by atoms with van der Waals surface area (Å²) in [5.41, 5.74) is 2.71. The molecule has 94 valence electrons. The van der Waals surface area contributed by atoms with Crippen molar-refractivity contribution in [1.29, 1.82) is 0 Å². The predicted octanol–water partition coefficient (Wildman–Crippen LogP) is 3.15. The van der Waals surface area contributed by atoms with Crippen LogP contribution in [0, 0.1) is 5.92 Å². The van der Waals surface area contributed by atoms with E-state index < -0.39 is 0 Å². The molecule has 1 amide bonds. The summed E-state index contributed by atoms with van der Waals surface area (Å²) < 4.78 is 0. The van der Waals surface area contributed by atoms with Crippen molar-refractivity contribution in [2.75, 3.05) is 0 Å². The summed E-state index contributed by atoms with van der Waals surface area (Å²) in [5.74, 6) is 0.420. The van der Waals surface area contributed by atoms with Gasteiger partial charge in [0, 0.05) is 5.92 Å². The van der Waals surface area contributed by atoms with E-state index in [1.165, 1.54) is 11.1 Å². The molecular weight excluding hydrogens is 222 g/mol. The largest absolute Gasteiger partial charge is 0.349 e. The van der Waals surface area contributed by atoms with E-state index in [0.29, 0.717) is 0 Å². The molecule has 0 saturated heterocycles. The van der Waals surface area contributed by atoms with Gasteiger partial charge in [0.2, 0.25) is 5.91 Å². The average Bonchev–Trinajstić information content (AvgIpc) is 2.83. The van der Waals surface area contributed by atoms with Gasteiger partial charge in [0.05, 0.1) is 6.04 Å². The zero-order valence-corrected chi connectivity index (χ0v) is 10.6. The van der Waals surface area contributed by atoms with Crippen molar-refractivity contribution < 1.29 is 4.79 Å². The molecule has 2 heteroatoms. The second kappa shape index (κ2) is 4.97. The van der Waals surface area contributed by atoms with Crippen molar-refractivity contribution in [1.82, 2.24) is 5.32 Å². The van der Waals surface area contributed by atoms with Gasteiger partial charge in [-0.15, -0.1) is 0 Å². The Morgan fingerprint density at radius 2 is 2.06 bits per heavy atom. The molecule has 2 atom stereocenters. The van der Waals surface area contributed by atoms with Gasteiger partial charge in [0.1, 0.15) is 0 Å². The number of allylic oxidation sites excluding steroid dienone is 2. The fourth-order valence-electron chi connectivity index (χ4n) is 3.03. The Balaban J connectivity index is 1.67. The molecule has 0 aliphatic heterocycles. The SMILES string of the molecule is O=C(NC1CCc2ccccc21)C1CC=CCC1. The number of aryl methyl sites for hydroxylation is 1. The van der Waals surface area contributed by atoms with Crippen LogP contribution in [0.15, 0.2) is 36.4 Å². The molecule has 2 unspecified atom stereocenters. The van der Waals surface area contributed by atoms with Crippen LogP contribution in [0.5, 0.6) is 0 Å². The summed E-state index contributed by atoms with van der Waals surface area (Å²) in [4.78, 5) is 12.2. The fraction of sp³-hybridized carbons (Fsp3) is 0.438. The van der Waals surface area contributed by atoms with E-state index in [1.807, 2.05) is 0 Å². The topological polar surface area (TPSA) is 29.1 Å². The maximum atomic E-state index is 12.2. The first-order valence-corrected chi connectivity index (χ1v) is 6.88. The van der Waals surface area contributed by atoms with Crippen molar-refractivity contribution in [3.05, 3.63) is 47.5 Å². The normalized spacial score (nSPS) is 25.8. The zero-order chi connectivity index (χ0) is 12.4. The molecule has 2 nitrogen and oxygen atoms in total. The first kappa shape index (κ1) is 11.5. The van der Waals surface area contributed by atoms with Crippen LogP contribution in [0.4, 0.5) is 0 Å². The summed E-state index contributed by atoms with van der Waals surface area (Å²) in [6.07, 6.45) is 9.39. The minimum Gasteiger partial charge on any atom is -0.349 e. The van der Waals surface area contributed by atoms with Gasteiger partial charge in [-0.2, -0.15) is 0 Å². The van der Waals surface area contributed by atoms with Crippen LogP contribution in [-0.2, 0) is 11.2 Å². The lowest BCUT2D eigenvalue weighted by Crippen LogP contribution is -2.33. The summed E-state index contributed by atoms with van der Waals surface area (Å²) in [6, 6.07) is 8.69. The van der Waals surface area contributed by atoms with E-state index in [-0.39, 0.29) is 17.9 Å². The van der Waals surface area contributed by atoms with Crippen LogP contribution in [0.25, 0.3) is 0 Å². The molecule has 0 radical (unpaired) electrons. The number of benzene rings is 1. The Morgan fingerprint density at radius 3 is 2.89 bits per heavy atom. The third kappa shape index (κ3) is 2.20. The Hall–Kier alpha value is -1.57. The summed E-state index contributed by atoms with van der Waals surface area (Å²) in [6.45, 7) is 0. The fourth-order valence-corrected chi connectivity index (χ4v) is 3.03. The number of amides is 1. The Labute approximate surface area is 108 Å². The van der Waals surface area contributed by atoms with Crippen LogP contribution in [-0.4, -0.2) is 5.91 Å². The lowest BCUT2D eigenvalue weighted by atomic mass is 9.93. The van der Waals surface area contributed by atoms with E-state index in [2.05, 4.69) is 41.7 Å². The average molecular weight is 241 g/mol. The molecular formula is C16H19NO. The number of hydrogen-bond donors (Lipinski definition) is 1. The minimum atomic E-state index is 0.183. The highest BCUT2D eigenvalue weighted by atomic mass is 16.1. The van der Waals surface area contributed by atoms with Gasteiger partial charge in [-0.25, -0.2) is 0 Å². The molecule has 0 heterocycles. The number of carbonyl (C=O) groups is 1. The molecule has 0 aromatic heterocycles. The summed E-state index contributed by atoms with van der Waals surface area (Å²) >= 11 is 0. The molecule has 0 bridgehead atoms. The van der Waals surface area contributed by atoms with Crippen molar-refractivity contribution in [3.8, 4) is 0 Å². The van der Waals surface area contributed by atoms with E-state index in [0.717, 1.165) is 32.1 Å². The van der Waals surface area contributed by atoms with Crippen molar-refractivity contribution in [2.45, 2.75) is 38.1 Å². The molecule has 2 aliphatic carbocycles. The second-order valence-electron chi connectivity index (χ2n) is 5.28. The van der Waals surface area contributed by atoms with E-state index in [9.17, 15) is 4.79 Å². The van der Waals surface area contributed by atoms with E-state index in [1.54, 1.807) is 0 Å². The highest BCUT2D eigenvalue weighted by Crippen LogP contribution is 2.31. The number of carbonyl (C=O) groups excluding carboxylic acids is 1. The van der Waals surface area contributed by atoms with Crippen molar-refractivity contribution in [3.63, 3.8) is 0 Å². The molecule has 0 spiro atoms. The molecule has 1 N–H and O–H groups in total. The molecule has 0 saturated carbocycles. The molecule has 18 heavy (non-hydrogen) atoms. The first-order chi connectivity index (χ1) is 8.84. The predicted molar refractivity (Wildman–Crippen MR) is 72.1 cm³/mol. The van der Waals surface area contributed by atoms with Gasteiger partial charge >= 0.3 is 0 Å². The minimum absolute atomic E-state index is 0.183. The third-order valence-corrected chi connectivity index (χ3v) is 4.09. The van der Waals surface area contributed by atoms with Crippen LogP contribution in [0.1, 0.15) is 42.9 Å². The zero-order valence-electron chi connectivity index (χ0n) is 10.6. The second-order valence-corrected chi connectivity index (χ2v) is 5.28.